The number of fused-ring (bicyclic) bond motifs is 1. The van der Waals surface area contributed by atoms with E-state index in [1.165, 1.54) is 6.33 Å². The second-order valence-electron chi connectivity index (χ2n) is 4.46. The summed E-state index contributed by atoms with van der Waals surface area (Å²) in [7, 11) is -3.58. The smallest absolute Gasteiger partial charge is 0.240 e. The minimum atomic E-state index is -3.58. The Labute approximate surface area is 120 Å². The van der Waals surface area contributed by atoms with Crippen LogP contribution in [0.25, 0.3) is 11.2 Å². The summed E-state index contributed by atoms with van der Waals surface area (Å²) in [5, 5.41) is 0.113. The second kappa shape index (κ2) is 5.15. The maximum absolute atomic E-state index is 12.0. The SMILES string of the molecule is O=S(=O)(CC1CCCO1)Nc1nc(Cl)c2[nH]cnc2n1. The lowest BCUT2D eigenvalue weighted by atomic mass is 10.3. The van der Waals surface area contributed by atoms with Crippen LogP contribution in [0.15, 0.2) is 6.33 Å². The Hall–Kier alpha value is -1.45. The number of hydrogen-bond acceptors (Lipinski definition) is 6. The minimum absolute atomic E-state index is 0.0902. The van der Waals surface area contributed by atoms with Crippen molar-refractivity contribution < 1.29 is 13.2 Å². The molecule has 3 rings (SSSR count). The molecule has 20 heavy (non-hydrogen) atoms. The highest BCUT2D eigenvalue weighted by atomic mass is 35.5. The molecular formula is C10H12ClN5O3S. The number of anilines is 1. The Bertz CT molecular complexity index is 726. The van der Waals surface area contributed by atoms with Gasteiger partial charge < -0.3 is 9.72 Å². The van der Waals surface area contributed by atoms with Crippen LogP contribution in [0.2, 0.25) is 5.15 Å². The van der Waals surface area contributed by atoms with Gasteiger partial charge in [0.25, 0.3) is 0 Å². The van der Waals surface area contributed by atoms with E-state index in [4.69, 9.17) is 16.3 Å². The van der Waals surface area contributed by atoms with Crippen LogP contribution in [0.4, 0.5) is 5.95 Å². The Morgan fingerprint density at radius 2 is 2.35 bits per heavy atom. The van der Waals surface area contributed by atoms with Gasteiger partial charge in [0.05, 0.1) is 18.2 Å². The van der Waals surface area contributed by atoms with Crippen molar-refractivity contribution in [2.45, 2.75) is 18.9 Å². The van der Waals surface area contributed by atoms with Gasteiger partial charge in [0, 0.05) is 6.61 Å². The summed E-state index contributed by atoms with van der Waals surface area (Å²) >= 11 is 5.92. The van der Waals surface area contributed by atoms with Crippen LogP contribution in [0.5, 0.6) is 0 Å². The molecular weight excluding hydrogens is 306 g/mol. The minimum Gasteiger partial charge on any atom is -0.377 e. The van der Waals surface area contributed by atoms with Gasteiger partial charge in [0.1, 0.15) is 5.52 Å². The van der Waals surface area contributed by atoms with Crippen molar-refractivity contribution in [2.24, 2.45) is 0 Å². The van der Waals surface area contributed by atoms with Crippen molar-refractivity contribution in [3.05, 3.63) is 11.5 Å². The Morgan fingerprint density at radius 3 is 3.10 bits per heavy atom. The monoisotopic (exact) mass is 317 g/mol. The molecule has 1 unspecified atom stereocenters. The molecule has 1 atom stereocenters. The van der Waals surface area contributed by atoms with Crippen LogP contribution in [-0.2, 0) is 14.8 Å². The molecule has 0 radical (unpaired) electrons. The maximum Gasteiger partial charge on any atom is 0.240 e. The number of rotatable bonds is 4. The number of halogens is 1. The molecule has 1 aliphatic heterocycles. The lowest BCUT2D eigenvalue weighted by Crippen LogP contribution is -2.26. The molecule has 2 N–H and O–H groups in total. The summed E-state index contributed by atoms with van der Waals surface area (Å²) in [6.45, 7) is 0.599. The summed E-state index contributed by atoms with van der Waals surface area (Å²) in [5.74, 6) is -0.209. The largest absolute Gasteiger partial charge is 0.377 e. The molecule has 0 aromatic carbocycles. The van der Waals surface area contributed by atoms with E-state index in [1.807, 2.05) is 0 Å². The number of ether oxygens (including phenoxy) is 1. The highest BCUT2D eigenvalue weighted by Crippen LogP contribution is 2.20. The van der Waals surface area contributed by atoms with E-state index in [0.29, 0.717) is 17.8 Å². The third-order valence-corrected chi connectivity index (χ3v) is 4.50. The summed E-state index contributed by atoms with van der Waals surface area (Å²) in [6.07, 6.45) is 2.75. The standard InChI is InChI=1S/C10H12ClN5O3S/c11-8-7-9(13-5-12-7)15-10(14-8)16-20(17,18)4-6-2-1-3-19-6/h5-6H,1-4H2,(H2,12,13,14,15,16). The summed E-state index contributed by atoms with van der Waals surface area (Å²) in [4.78, 5) is 14.6. The lowest BCUT2D eigenvalue weighted by molar-refractivity contribution is 0.127. The molecule has 0 spiro atoms. The Kier molecular flexibility index (Phi) is 3.48. The molecule has 0 saturated carbocycles. The highest BCUT2D eigenvalue weighted by molar-refractivity contribution is 7.92. The third-order valence-electron chi connectivity index (χ3n) is 2.92. The molecule has 1 fully saturated rings. The van der Waals surface area contributed by atoms with E-state index in [-0.39, 0.29) is 23.0 Å². The van der Waals surface area contributed by atoms with E-state index < -0.39 is 10.0 Å². The third kappa shape index (κ3) is 2.84. The van der Waals surface area contributed by atoms with Crippen molar-refractivity contribution in [3.8, 4) is 0 Å². The molecule has 0 bridgehead atoms. The molecule has 1 saturated heterocycles. The first-order valence-electron chi connectivity index (χ1n) is 6.02. The first-order chi connectivity index (χ1) is 9.53. The van der Waals surface area contributed by atoms with Gasteiger partial charge in [0.2, 0.25) is 16.0 Å². The van der Waals surface area contributed by atoms with Crippen LogP contribution < -0.4 is 4.72 Å². The number of hydrogen-bond donors (Lipinski definition) is 2. The number of sulfonamides is 1. The zero-order valence-electron chi connectivity index (χ0n) is 10.3. The molecule has 1 aliphatic rings. The predicted octanol–water partition coefficient (Wildman–Crippen LogP) is 0.927. The number of aromatic amines is 1. The first-order valence-corrected chi connectivity index (χ1v) is 8.05. The second-order valence-corrected chi connectivity index (χ2v) is 6.58. The van der Waals surface area contributed by atoms with Crippen LogP contribution in [0.1, 0.15) is 12.8 Å². The highest BCUT2D eigenvalue weighted by Gasteiger charge is 2.24. The molecule has 0 amide bonds. The van der Waals surface area contributed by atoms with E-state index in [9.17, 15) is 8.42 Å². The fourth-order valence-electron chi connectivity index (χ4n) is 2.04. The summed E-state index contributed by atoms with van der Waals surface area (Å²) < 4.78 is 31.6. The van der Waals surface area contributed by atoms with E-state index in [0.717, 1.165) is 12.8 Å². The quantitative estimate of drug-likeness (QED) is 0.812. The van der Waals surface area contributed by atoms with Crippen LogP contribution in [0, 0.1) is 0 Å². The zero-order valence-corrected chi connectivity index (χ0v) is 11.9. The Balaban J connectivity index is 1.80. The molecule has 108 valence electrons. The van der Waals surface area contributed by atoms with E-state index in [2.05, 4.69) is 24.7 Å². The number of aromatic nitrogens is 4. The number of nitrogens with zero attached hydrogens (tertiary/aromatic N) is 3. The fraction of sp³-hybridized carbons (Fsp3) is 0.500. The van der Waals surface area contributed by atoms with Gasteiger partial charge in [-0.3, -0.25) is 4.72 Å². The van der Waals surface area contributed by atoms with Crippen molar-refractivity contribution in [2.75, 3.05) is 17.1 Å². The van der Waals surface area contributed by atoms with Crippen LogP contribution in [0.3, 0.4) is 0 Å². The predicted molar refractivity (Wildman–Crippen MR) is 73.1 cm³/mol. The molecule has 2 aromatic heterocycles. The van der Waals surface area contributed by atoms with Crippen molar-refractivity contribution in [3.63, 3.8) is 0 Å². The van der Waals surface area contributed by atoms with Gasteiger partial charge in [-0.15, -0.1) is 0 Å². The normalized spacial score (nSPS) is 19.6. The van der Waals surface area contributed by atoms with Gasteiger partial charge in [0.15, 0.2) is 10.8 Å². The van der Waals surface area contributed by atoms with E-state index >= 15 is 0 Å². The number of H-pyrrole nitrogens is 1. The molecule has 2 aromatic rings. The van der Waals surface area contributed by atoms with Crippen LogP contribution >= 0.6 is 11.6 Å². The van der Waals surface area contributed by atoms with Gasteiger partial charge in [-0.1, -0.05) is 11.6 Å². The van der Waals surface area contributed by atoms with Crippen LogP contribution in [-0.4, -0.2) is 46.8 Å². The maximum atomic E-state index is 12.0. The van der Waals surface area contributed by atoms with Crippen molar-refractivity contribution in [1.82, 2.24) is 19.9 Å². The Morgan fingerprint density at radius 1 is 1.50 bits per heavy atom. The zero-order chi connectivity index (χ0) is 14.2. The van der Waals surface area contributed by atoms with Crippen molar-refractivity contribution >= 4 is 38.7 Å². The van der Waals surface area contributed by atoms with Gasteiger partial charge in [-0.25, -0.2) is 13.4 Å². The van der Waals surface area contributed by atoms with Crippen molar-refractivity contribution in [1.29, 1.82) is 0 Å². The average Bonchev–Trinajstić information content (AvgIpc) is 2.98. The summed E-state index contributed by atoms with van der Waals surface area (Å²) in [6, 6.07) is 0. The fourth-order valence-corrected chi connectivity index (χ4v) is 3.47. The van der Waals surface area contributed by atoms with Gasteiger partial charge >= 0.3 is 0 Å². The molecule has 10 heteroatoms. The number of imidazole rings is 1. The average molecular weight is 318 g/mol. The first kappa shape index (κ1) is 13.5. The summed E-state index contributed by atoms with van der Waals surface area (Å²) in [5.41, 5.74) is 0.772. The molecule has 0 aliphatic carbocycles. The molecule has 3 heterocycles. The lowest BCUT2D eigenvalue weighted by Gasteiger charge is -2.11. The van der Waals surface area contributed by atoms with Gasteiger partial charge in [-0.2, -0.15) is 9.97 Å². The number of nitrogens with one attached hydrogen (secondary N) is 2. The van der Waals surface area contributed by atoms with E-state index in [1.54, 1.807) is 0 Å². The molecule has 8 nitrogen and oxygen atoms in total. The van der Waals surface area contributed by atoms with Gasteiger partial charge in [-0.05, 0) is 12.8 Å². The topological polar surface area (TPSA) is 110 Å².